The molecule has 0 N–H and O–H groups in total. The van der Waals surface area contributed by atoms with Crippen molar-refractivity contribution in [3.05, 3.63) is 101 Å². The zero-order valence-corrected chi connectivity index (χ0v) is 25.0. The second-order valence-electron chi connectivity index (χ2n) is 9.02. The van der Waals surface area contributed by atoms with Crippen LogP contribution in [0.4, 0.5) is 0 Å². The van der Waals surface area contributed by atoms with Gasteiger partial charge in [0.2, 0.25) is 0 Å². The second-order valence-corrected chi connectivity index (χ2v) is 10.9. The van der Waals surface area contributed by atoms with Crippen molar-refractivity contribution < 1.29 is 28.2 Å². The number of furan rings is 1. The maximum absolute atomic E-state index is 13.9. The first-order valence-electron chi connectivity index (χ1n) is 12.6. The molecular formula is C30H25BrN2O7S. The zero-order chi connectivity index (χ0) is 29.3. The number of hydrogen-bond donors (Lipinski definition) is 0. The smallest absolute Gasteiger partial charge is 0.338 e. The summed E-state index contributed by atoms with van der Waals surface area (Å²) in [7, 11) is 1.44. The molecule has 210 valence electrons. The summed E-state index contributed by atoms with van der Waals surface area (Å²) >= 11 is 4.66. The monoisotopic (exact) mass is 636 g/mol. The highest BCUT2D eigenvalue weighted by Crippen LogP contribution is 2.36. The normalized spacial score (nSPS) is 14.9. The van der Waals surface area contributed by atoms with Crippen molar-refractivity contribution in [3.63, 3.8) is 0 Å². The van der Waals surface area contributed by atoms with Crippen molar-refractivity contribution in [3.8, 4) is 22.8 Å². The molecule has 1 aliphatic rings. The largest absolute Gasteiger partial charge is 0.493 e. The van der Waals surface area contributed by atoms with Crippen LogP contribution in [0.25, 0.3) is 17.4 Å². The van der Waals surface area contributed by atoms with Crippen LogP contribution in [0.1, 0.15) is 38.1 Å². The van der Waals surface area contributed by atoms with Gasteiger partial charge in [0, 0.05) is 23.0 Å². The van der Waals surface area contributed by atoms with Crippen LogP contribution in [0.3, 0.4) is 0 Å². The van der Waals surface area contributed by atoms with Gasteiger partial charge in [-0.2, -0.15) is 0 Å². The summed E-state index contributed by atoms with van der Waals surface area (Å²) in [5.41, 5.74) is 1.75. The molecule has 5 rings (SSSR count). The molecule has 9 nitrogen and oxygen atoms in total. The molecule has 2 aromatic carbocycles. The Labute approximate surface area is 247 Å². The van der Waals surface area contributed by atoms with Crippen LogP contribution < -0.4 is 24.4 Å². The van der Waals surface area contributed by atoms with Gasteiger partial charge >= 0.3 is 11.9 Å². The molecule has 1 aliphatic heterocycles. The van der Waals surface area contributed by atoms with Crippen molar-refractivity contribution in [2.75, 3.05) is 13.7 Å². The Bertz CT molecular complexity index is 1880. The van der Waals surface area contributed by atoms with Gasteiger partial charge < -0.3 is 18.6 Å². The number of aromatic nitrogens is 1. The van der Waals surface area contributed by atoms with Crippen LogP contribution in [0.5, 0.6) is 11.5 Å². The number of ether oxygens (including phenoxy) is 3. The van der Waals surface area contributed by atoms with Gasteiger partial charge in [0.25, 0.3) is 5.56 Å². The van der Waals surface area contributed by atoms with Gasteiger partial charge in [0.15, 0.2) is 16.3 Å². The van der Waals surface area contributed by atoms with Crippen LogP contribution in [0.15, 0.2) is 84.5 Å². The van der Waals surface area contributed by atoms with E-state index < -0.39 is 18.0 Å². The summed E-state index contributed by atoms with van der Waals surface area (Å²) in [4.78, 5) is 43.6. The van der Waals surface area contributed by atoms with E-state index in [1.807, 2.05) is 30.3 Å². The lowest BCUT2D eigenvalue weighted by atomic mass is 9.95. The van der Waals surface area contributed by atoms with E-state index in [0.717, 1.165) is 10.0 Å². The molecule has 1 unspecified atom stereocenters. The number of methoxy groups -OCH3 is 1. The lowest BCUT2D eigenvalue weighted by Gasteiger charge is -2.25. The Balaban J connectivity index is 1.65. The van der Waals surface area contributed by atoms with Crippen LogP contribution in [0.2, 0.25) is 0 Å². The van der Waals surface area contributed by atoms with Crippen molar-refractivity contribution in [2.45, 2.75) is 26.8 Å². The highest BCUT2D eigenvalue weighted by Gasteiger charge is 2.34. The summed E-state index contributed by atoms with van der Waals surface area (Å²) in [5, 5.41) is 0. The lowest BCUT2D eigenvalue weighted by Crippen LogP contribution is -2.39. The van der Waals surface area contributed by atoms with E-state index >= 15 is 0 Å². The number of hydrogen-bond acceptors (Lipinski definition) is 9. The van der Waals surface area contributed by atoms with Crippen molar-refractivity contribution >= 4 is 45.3 Å². The molecule has 1 atom stereocenters. The molecule has 41 heavy (non-hydrogen) atoms. The molecular weight excluding hydrogens is 612 g/mol. The molecule has 0 amide bonds. The number of thiazole rings is 1. The van der Waals surface area contributed by atoms with E-state index in [0.29, 0.717) is 32.1 Å². The number of esters is 2. The maximum Gasteiger partial charge on any atom is 0.338 e. The quantitative estimate of drug-likeness (QED) is 0.213. The molecule has 0 saturated heterocycles. The van der Waals surface area contributed by atoms with E-state index in [9.17, 15) is 14.4 Å². The minimum absolute atomic E-state index is 0.153. The number of benzene rings is 2. The molecule has 4 aromatic rings. The fraction of sp³-hybridized carbons (Fsp3) is 0.200. The van der Waals surface area contributed by atoms with Crippen LogP contribution in [0, 0.1) is 0 Å². The number of rotatable bonds is 7. The zero-order valence-electron chi connectivity index (χ0n) is 22.6. The van der Waals surface area contributed by atoms with Gasteiger partial charge in [-0.1, -0.05) is 45.5 Å². The topological polar surface area (TPSA) is 109 Å². The van der Waals surface area contributed by atoms with Crippen LogP contribution in [-0.2, 0) is 14.3 Å². The molecule has 2 aromatic heterocycles. The molecule has 0 aliphatic carbocycles. The van der Waals surface area contributed by atoms with E-state index in [2.05, 4.69) is 20.9 Å². The van der Waals surface area contributed by atoms with E-state index in [1.165, 1.54) is 29.9 Å². The van der Waals surface area contributed by atoms with Crippen LogP contribution in [-0.4, -0.2) is 30.2 Å². The molecule has 0 bridgehead atoms. The average molecular weight is 638 g/mol. The second kappa shape index (κ2) is 11.7. The van der Waals surface area contributed by atoms with Gasteiger partial charge in [0.05, 0.1) is 35.6 Å². The predicted octanol–water partition coefficient (Wildman–Crippen LogP) is 4.75. The summed E-state index contributed by atoms with van der Waals surface area (Å²) in [6.07, 6.45) is 1.66. The average Bonchev–Trinajstić information content (AvgIpc) is 3.52. The summed E-state index contributed by atoms with van der Waals surface area (Å²) in [5.74, 6) is 0.551. The van der Waals surface area contributed by atoms with Gasteiger partial charge in [0.1, 0.15) is 11.5 Å². The number of carbonyl (C=O) groups excluding carboxylic acids is 2. The van der Waals surface area contributed by atoms with E-state index in [-0.39, 0.29) is 29.2 Å². The Morgan fingerprint density at radius 3 is 2.66 bits per heavy atom. The highest BCUT2D eigenvalue weighted by molar-refractivity contribution is 9.10. The maximum atomic E-state index is 13.9. The third kappa shape index (κ3) is 5.68. The lowest BCUT2D eigenvalue weighted by molar-refractivity contribution is -0.139. The summed E-state index contributed by atoms with van der Waals surface area (Å²) in [6, 6.07) is 15.4. The third-order valence-electron chi connectivity index (χ3n) is 6.28. The summed E-state index contributed by atoms with van der Waals surface area (Å²) < 4.78 is 24.8. The Morgan fingerprint density at radius 1 is 1.15 bits per heavy atom. The highest BCUT2D eigenvalue weighted by atomic mass is 79.9. The van der Waals surface area contributed by atoms with Gasteiger partial charge in [-0.3, -0.25) is 14.2 Å². The van der Waals surface area contributed by atoms with Crippen LogP contribution >= 0.6 is 27.3 Å². The fourth-order valence-corrected chi connectivity index (χ4v) is 5.98. The van der Waals surface area contributed by atoms with Crippen molar-refractivity contribution in [1.29, 1.82) is 0 Å². The van der Waals surface area contributed by atoms with Crippen molar-refractivity contribution in [2.24, 2.45) is 4.99 Å². The van der Waals surface area contributed by atoms with Gasteiger partial charge in [-0.25, -0.2) is 9.79 Å². The molecule has 11 heteroatoms. The Hall–Kier alpha value is -4.22. The number of fused-ring (bicyclic) bond motifs is 1. The SMILES string of the molecule is CCOC(=O)C1=C(C)N=c2s/c(=C\c3ccc(-c4cccc(Br)c4)o3)c(=O)n2C1c1ccc(OC(C)=O)c(OC)c1. The van der Waals surface area contributed by atoms with Crippen molar-refractivity contribution in [1.82, 2.24) is 4.57 Å². The standard InChI is InChI=1S/C30H25BrN2O7S/c1-5-38-29(36)26-16(2)32-30-33(27(26)19-9-11-23(39-17(3)34)24(14-19)37-4)28(35)25(41-30)15-21-10-12-22(40-21)18-7-6-8-20(31)13-18/h6-15,27H,5H2,1-4H3/b25-15-. The molecule has 0 spiro atoms. The molecule has 3 heterocycles. The summed E-state index contributed by atoms with van der Waals surface area (Å²) in [6.45, 7) is 4.86. The molecule has 0 fully saturated rings. The fourth-order valence-electron chi connectivity index (χ4n) is 4.56. The number of halogens is 1. The first-order valence-corrected chi connectivity index (χ1v) is 14.2. The number of nitrogens with zero attached hydrogens (tertiary/aromatic N) is 2. The minimum Gasteiger partial charge on any atom is -0.493 e. The van der Waals surface area contributed by atoms with E-state index in [1.54, 1.807) is 44.2 Å². The first-order chi connectivity index (χ1) is 19.7. The minimum atomic E-state index is -0.860. The molecule has 0 saturated carbocycles. The van der Waals surface area contributed by atoms with E-state index in [4.69, 9.17) is 18.6 Å². The van der Waals surface area contributed by atoms with Gasteiger partial charge in [-0.15, -0.1) is 0 Å². The molecule has 0 radical (unpaired) electrons. The number of carbonyl (C=O) groups is 2. The number of allylic oxidation sites excluding steroid dienone is 1. The Morgan fingerprint density at radius 2 is 1.95 bits per heavy atom. The predicted molar refractivity (Wildman–Crippen MR) is 157 cm³/mol. The van der Waals surface area contributed by atoms with Gasteiger partial charge in [-0.05, 0) is 55.8 Å². The third-order valence-corrected chi connectivity index (χ3v) is 7.76. The Kier molecular flexibility index (Phi) is 8.09. The first kappa shape index (κ1) is 28.3.